The van der Waals surface area contributed by atoms with E-state index in [4.69, 9.17) is 4.74 Å². The summed E-state index contributed by atoms with van der Waals surface area (Å²) >= 11 is 0.350. The monoisotopic (exact) mass is 554 g/mol. The molecule has 3 aromatic carbocycles. The van der Waals surface area contributed by atoms with Gasteiger partial charge in [0.25, 0.3) is 0 Å². The number of allylic oxidation sites excluding steroid dienone is 6. The zero-order valence-corrected chi connectivity index (χ0v) is 26.8. The molecule has 0 aromatic heterocycles. The fourth-order valence-corrected chi connectivity index (χ4v) is 10.4. The Labute approximate surface area is 240 Å². The number of ether oxygens (including phenoxy) is 1. The Hall–Kier alpha value is -2.65. The van der Waals surface area contributed by atoms with Crippen LogP contribution in [0.2, 0.25) is 13.1 Å². The van der Waals surface area contributed by atoms with E-state index in [1.165, 1.54) is 17.5 Å². The Morgan fingerprint density at radius 1 is 0.842 bits per heavy atom. The summed E-state index contributed by atoms with van der Waals surface area (Å²) in [5, 5.41) is 0. The molecule has 0 fully saturated rings. The molecule has 4 rings (SSSR count). The molecule has 38 heavy (non-hydrogen) atoms. The topological polar surface area (TPSA) is 9.23 Å². The molecule has 0 N–H and O–H groups in total. The molecule has 0 atom stereocenters. The van der Waals surface area contributed by atoms with Gasteiger partial charge in [-0.1, -0.05) is 111 Å². The maximum atomic E-state index is 6.43. The molecule has 0 amide bonds. The third kappa shape index (κ3) is 9.58. The van der Waals surface area contributed by atoms with Gasteiger partial charge in [0.15, 0.2) is 0 Å². The minimum Gasteiger partial charge on any atom is -0.456 e. The summed E-state index contributed by atoms with van der Waals surface area (Å²) in [7, 11) is 0. The molecule has 1 aliphatic carbocycles. The molecular weight excluding hydrogens is 512 g/mol. The first kappa shape index (κ1) is 29.9. The molecule has 0 bridgehead atoms. The van der Waals surface area contributed by atoms with Crippen molar-refractivity contribution in [1.29, 1.82) is 0 Å². The van der Waals surface area contributed by atoms with Crippen LogP contribution in [-0.4, -0.2) is 6.66 Å². The van der Waals surface area contributed by atoms with Crippen LogP contribution in [0, 0.1) is 12.3 Å². The molecule has 1 aliphatic rings. The van der Waals surface area contributed by atoms with Crippen molar-refractivity contribution in [2.45, 2.75) is 54.1 Å². The summed E-state index contributed by atoms with van der Waals surface area (Å²) in [6, 6.07) is 28.9. The van der Waals surface area contributed by atoms with Crippen molar-refractivity contribution in [3.8, 4) is 5.75 Å². The van der Waals surface area contributed by atoms with Crippen molar-refractivity contribution in [2.24, 2.45) is 5.41 Å². The van der Waals surface area contributed by atoms with E-state index in [0.29, 0.717) is 18.4 Å². The zero-order chi connectivity index (χ0) is 27.5. The van der Waals surface area contributed by atoms with E-state index in [9.17, 15) is 0 Å². The van der Waals surface area contributed by atoms with Gasteiger partial charge in [-0.15, -0.1) is 0 Å². The molecule has 3 heteroatoms. The van der Waals surface area contributed by atoms with Crippen LogP contribution in [0.5, 0.6) is 5.75 Å². The number of hydrogen-bond acceptors (Lipinski definition) is 1. The van der Waals surface area contributed by atoms with Crippen molar-refractivity contribution in [3.63, 3.8) is 0 Å². The number of benzene rings is 3. The molecule has 0 spiro atoms. The van der Waals surface area contributed by atoms with Crippen LogP contribution in [0.3, 0.4) is 0 Å². The zero-order valence-electron chi connectivity index (χ0n) is 24.1. The largest absolute Gasteiger partial charge is 0.456 e. The first-order valence-electron chi connectivity index (χ1n) is 13.5. The summed E-state index contributed by atoms with van der Waals surface area (Å²) in [5.74, 6) is 1.73. The van der Waals surface area contributed by atoms with Crippen LogP contribution in [0.15, 0.2) is 118 Å². The second kappa shape index (κ2) is 14.5. The van der Waals surface area contributed by atoms with Gasteiger partial charge < -0.3 is 4.74 Å². The fourth-order valence-electron chi connectivity index (χ4n) is 4.13. The second-order valence-corrected chi connectivity index (χ2v) is 21.4. The van der Waals surface area contributed by atoms with Crippen LogP contribution in [-0.2, 0) is 18.4 Å². The average Bonchev–Trinajstić information content (AvgIpc) is 3.29. The molecular formula is C35H42OSiTi. The van der Waals surface area contributed by atoms with Gasteiger partial charge in [0.2, 0.25) is 0 Å². The Morgan fingerprint density at radius 2 is 1.45 bits per heavy atom. The molecule has 0 aliphatic heterocycles. The summed E-state index contributed by atoms with van der Waals surface area (Å²) < 4.78 is 8.25. The Morgan fingerprint density at radius 3 is 1.97 bits per heavy atom. The predicted molar refractivity (Wildman–Crippen MR) is 165 cm³/mol. The van der Waals surface area contributed by atoms with Crippen LogP contribution >= 0.6 is 0 Å². The predicted octanol–water partition coefficient (Wildman–Crippen LogP) is 9.83. The maximum Gasteiger partial charge on any atom is 0.138 e. The molecule has 3 aromatic rings. The van der Waals surface area contributed by atoms with Crippen molar-refractivity contribution in [1.82, 2.24) is 0 Å². The summed E-state index contributed by atoms with van der Waals surface area (Å²) in [6.45, 7) is 15.7. The maximum absolute atomic E-state index is 6.43. The molecule has 0 saturated carbocycles. The van der Waals surface area contributed by atoms with E-state index >= 15 is 0 Å². The standard InChI is InChI=1S/C27H28O.C6H7.C2H7Si.Ti/c1-21-15-17-22(18-16-21)19-20-25(27(2,3)4)26(23-11-7-5-8-12-23)28-24-13-9-6-10-14-24;1-6-4-2-3-5-6;1-3-2;/h5-20H,1-4H3;2,4H,3H2,1H3;3H,1-2H3;. The summed E-state index contributed by atoms with van der Waals surface area (Å²) in [4.78, 5) is 0. The number of para-hydroxylation sites is 1. The quantitative estimate of drug-likeness (QED) is 0.160. The minimum absolute atomic E-state index is 0.0822. The van der Waals surface area contributed by atoms with Gasteiger partial charge in [-0.3, -0.25) is 0 Å². The van der Waals surface area contributed by atoms with Crippen molar-refractivity contribution < 1.29 is 23.1 Å². The van der Waals surface area contributed by atoms with Gasteiger partial charge in [-0.2, -0.15) is 0 Å². The van der Waals surface area contributed by atoms with E-state index in [2.05, 4.69) is 108 Å². The molecule has 0 unspecified atom stereocenters. The van der Waals surface area contributed by atoms with Crippen LogP contribution < -0.4 is 4.74 Å². The van der Waals surface area contributed by atoms with Gasteiger partial charge in [-0.05, 0) is 30.0 Å². The first-order chi connectivity index (χ1) is 18.1. The average molecular weight is 555 g/mol. The second-order valence-electron chi connectivity index (χ2n) is 11.1. The Kier molecular flexibility index (Phi) is 11.4. The molecule has 196 valence electrons. The van der Waals surface area contributed by atoms with E-state index in [0.717, 1.165) is 22.6 Å². The van der Waals surface area contributed by atoms with E-state index < -0.39 is 0 Å². The van der Waals surface area contributed by atoms with Crippen molar-refractivity contribution >= 4 is 18.5 Å². The summed E-state index contributed by atoms with van der Waals surface area (Å²) in [5.41, 5.74) is 6.18. The van der Waals surface area contributed by atoms with Crippen LogP contribution in [0.4, 0.5) is 0 Å². The normalized spacial score (nSPS) is 13.9. The van der Waals surface area contributed by atoms with Gasteiger partial charge in [0.05, 0.1) is 0 Å². The van der Waals surface area contributed by atoms with Gasteiger partial charge >= 0.3 is 73.1 Å². The molecule has 1 nitrogen and oxygen atoms in total. The van der Waals surface area contributed by atoms with E-state index in [1.54, 1.807) is 5.57 Å². The van der Waals surface area contributed by atoms with Gasteiger partial charge in [0.1, 0.15) is 11.5 Å². The molecule has 0 saturated heterocycles. The number of rotatable bonds is 7. The smallest absolute Gasteiger partial charge is 0.138 e. The number of aryl methyl sites for hydroxylation is 1. The summed E-state index contributed by atoms with van der Waals surface area (Å²) in [6.07, 6.45) is 10.2. The molecule has 0 radical (unpaired) electrons. The van der Waals surface area contributed by atoms with E-state index in [-0.39, 0.29) is 12.1 Å². The Balaban J connectivity index is 0.000000336. The van der Waals surface area contributed by atoms with Crippen molar-refractivity contribution in [2.75, 3.05) is 0 Å². The first-order valence-corrected chi connectivity index (χ1v) is 19.9. The van der Waals surface area contributed by atoms with Crippen LogP contribution in [0.25, 0.3) is 11.8 Å². The van der Waals surface area contributed by atoms with Gasteiger partial charge in [0, 0.05) is 11.1 Å². The molecule has 0 heterocycles. The Bertz CT molecular complexity index is 1280. The third-order valence-electron chi connectivity index (χ3n) is 6.20. The third-order valence-corrected chi connectivity index (χ3v) is 12.4. The SMILES string of the molecule is CC1=[C]([Ti][SiH](C)C)CC=C1.Cc1ccc(C=CC(=C(Oc2ccccc2)c2ccccc2)C(C)(C)C)cc1. The minimum atomic E-state index is -0.235. The number of hydrogen-bond donors (Lipinski definition) is 0. The van der Waals surface area contributed by atoms with Crippen molar-refractivity contribution in [3.05, 3.63) is 135 Å². The van der Waals surface area contributed by atoms with E-state index in [1.807, 2.05) is 52.4 Å². The van der Waals surface area contributed by atoms with Crippen LogP contribution in [0.1, 0.15) is 50.8 Å². The fraction of sp³-hybridized carbons (Fsp3) is 0.257. The van der Waals surface area contributed by atoms with Gasteiger partial charge in [-0.25, -0.2) is 0 Å².